The normalized spacial score (nSPS) is 19.2. The van der Waals surface area contributed by atoms with Gasteiger partial charge in [0.2, 0.25) is 0 Å². The smallest absolute Gasteiger partial charge is 0.335 e. The lowest BCUT2D eigenvalue weighted by Crippen LogP contribution is -2.35. The van der Waals surface area contributed by atoms with Gasteiger partial charge in [-0.1, -0.05) is 0 Å². The highest BCUT2D eigenvalue weighted by Gasteiger charge is 2.56. The number of aliphatic hydroxyl groups is 1. The third-order valence-corrected chi connectivity index (χ3v) is 3.22. The van der Waals surface area contributed by atoms with Crippen molar-refractivity contribution in [2.45, 2.75) is 31.3 Å². The Hall–Kier alpha value is -1.36. The summed E-state index contributed by atoms with van der Waals surface area (Å²) in [6.45, 7) is 1.94. The minimum absolute atomic E-state index is 0.515. The first-order valence-electron chi connectivity index (χ1n) is 5.28. The van der Waals surface area contributed by atoms with Crippen LogP contribution in [-0.2, 0) is 22.0 Å². The van der Waals surface area contributed by atoms with Crippen molar-refractivity contribution in [2.24, 2.45) is 7.05 Å². The topological polar surface area (TPSA) is 64.3 Å². The number of nitrogens with zero attached hydrogens (tertiary/aromatic N) is 2. The second-order valence-electron chi connectivity index (χ2n) is 4.42. The summed E-state index contributed by atoms with van der Waals surface area (Å²) in [6.07, 6.45) is 2.34. The molecule has 0 aliphatic heterocycles. The Morgan fingerprint density at radius 2 is 2.31 bits per heavy atom. The average molecular weight is 224 g/mol. The number of aryl methyl sites for hydroxylation is 2. The van der Waals surface area contributed by atoms with Gasteiger partial charge in [0.15, 0.2) is 6.10 Å². The quantitative estimate of drug-likeness (QED) is 0.750. The number of aromatic nitrogens is 2. The van der Waals surface area contributed by atoms with Crippen LogP contribution in [0.3, 0.4) is 0 Å². The molecule has 1 unspecified atom stereocenters. The zero-order valence-corrected chi connectivity index (χ0v) is 9.73. The molecule has 0 bridgehead atoms. The number of esters is 1. The maximum Gasteiger partial charge on any atom is 0.335 e. The SMILES string of the molecule is COC(=O)C(O)C1(c2nn(C)cc2C)CC1. The van der Waals surface area contributed by atoms with E-state index >= 15 is 0 Å². The van der Waals surface area contributed by atoms with Gasteiger partial charge in [-0.15, -0.1) is 0 Å². The van der Waals surface area contributed by atoms with Crippen LogP contribution in [0.2, 0.25) is 0 Å². The van der Waals surface area contributed by atoms with Crippen molar-refractivity contribution in [3.63, 3.8) is 0 Å². The van der Waals surface area contributed by atoms with E-state index in [9.17, 15) is 9.90 Å². The second kappa shape index (κ2) is 3.59. The number of carbonyl (C=O) groups is 1. The summed E-state index contributed by atoms with van der Waals surface area (Å²) >= 11 is 0. The number of methoxy groups -OCH3 is 1. The van der Waals surface area contributed by atoms with E-state index < -0.39 is 17.5 Å². The number of hydrogen-bond donors (Lipinski definition) is 1. The summed E-state index contributed by atoms with van der Waals surface area (Å²) in [4.78, 5) is 11.4. The Labute approximate surface area is 94.0 Å². The minimum Gasteiger partial charge on any atom is -0.467 e. The van der Waals surface area contributed by atoms with E-state index in [0.29, 0.717) is 0 Å². The van der Waals surface area contributed by atoms with Crippen LogP contribution in [0.15, 0.2) is 6.20 Å². The fraction of sp³-hybridized carbons (Fsp3) is 0.636. The van der Waals surface area contributed by atoms with Crippen molar-refractivity contribution in [3.05, 3.63) is 17.5 Å². The summed E-state index contributed by atoms with van der Waals surface area (Å²) < 4.78 is 6.29. The summed E-state index contributed by atoms with van der Waals surface area (Å²) in [5, 5.41) is 14.3. The predicted octanol–water partition coefficient (Wildman–Crippen LogP) is 0.294. The average Bonchev–Trinajstić information content (AvgIpc) is 2.98. The molecular formula is C11H16N2O3. The summed E-state index contributed by atoms with van der Waals surface area (Å²) in [5.74, 6) is -0.581. The van der Waals surface area contributed by atoms with E-state index in [1.807, 2.05) is 20.2 Å². The molecule has 1 aliphatic rings. The highest BCUT2D eigenvalue weighted by Crippen LogP contribution is 2.51. The Kier molecular flexibility index (Phi) is 2.50. The molecule has 1 aromatic heterocycles. The molecule has 16 heavy (non-hydrogen) atoms. The van der Waals surface area contributed by atoms with Crippen LogP contribution >= 0.6 is 0 Å². The van der Waals surface area contributed by atoms with Crippen LogP contribution in [0.25, 0.3) is 0 Å². The van der Waals surface area contributed by atoms with E-state index in [-0.39, 0.29) is 0 Å². The molecule has 0 spiro atoms. The monoisotopic (exact) mass is 224 g/mol. The molecular weight excluding hydrogens is 208 g/mol. The van der Waals surface area contributed by atoms with Crippen molar-refractivity contribution >= 4 is 5.97 Å². The van der Waals surface area contributed by atoms with Gasteiger partial charge in [-0.2, -0.15) is 5.10 Å². The molecule has 0 aromatic carbocycles. The van der Waals surface area contributed by atoms with Gasteiger partial charge in [-0.25, -0.2) is 4.79 Å². The maximum absolute atomic E-state index is 11.4. The molecule has 1 saturated carbocycles. The summed E-state index contributed by atoms with van der Waals surface area (Å²) in [5.41, 5.74) is 1.30. The molecule has 1 aromatic rings. The van der Waals surface area contributed by atoms with E-state index in [1.165, 1.54) is 7.11 Å². The second-order valence-corrected chi connectivity index (χ2v) is 4.42. The number of hydrogen-bond acceptors (Lipinski definition) is 4. The van der Waals surface area contributed by atoms with Gasteiger partial charge in [0.05, 0.1) is 18.2 Å². The maximum atomic E-state index is 11.4. The Morgan fingerprint density at radius 3 is 2.69 bits per heavy atom. The zero-order chi connectivity index (χ0) is 11.9. The standard InChI is InChI=1S/C11H16N2O3/c1-7-6-13(2)12-8(7)11(4-5-11)9(14)10(15)16-3/h6,9,14H,4-5H2,1-3H3. The van der Waals surface area contributed by atoms with Crippen molar-refractivity contribution in [1.82, 2.24) is 9.78 Å². The van der Waals surface area contributed by atoms with Crippen LogP contribution in [0, 0.1) is 6.92 Å². The first kappa shape index (κ1) is 11.1. The van der Waals surface area contributed by atoms with Gasteiger partial charge in [0.25, 0.3) is 0 Å². The molecule has 1 aliphatic carbocycles. The van der Waals surface area contributed by atoms with Gasteiger partial charge in [0.1, 0.15) is 0 Å². The molecule has 1 N–H and O–H groups in total. The molecule has 5 heteroatoms. The zero-order valence-electron chi connectivity index (χ0n) is 9.73. The Morgan fingerprint density at radius 1 is 1.69 bits per heavy atom. The highest BCUT2D eigenvalue weighted by molar-refractivity contribution is 5.77. The molecule has 88 valence electrons. The number of carbonyl (C=O) groups excluding carboxylic acids is 1. The van der Waals surface area contributed by atoms with E-state index in [0.717, 1.165) is 24.1 Å². The fourth-order valence-electron chi connectivity index (χ4n) is 2.21. The van der Waals surface area contributed by atoms with Crippen molar-refractivity contribution in [1.29, 1.82) is 0 Å². The van der Waals surface area contributed by atoms with Crippen molar-refractivity contribution < 1.29 is 14.6 Å². The van der Waals surface area contributed by atoms with Crippen LogP contribution in [-0.4, -0.2) is 34.1 Å². The van der Waals surface area contributed by atoms with Gasteiger partial charge in [-0.05, 0) is 25.3 Å². The van der Waals surface area contributed by atoms with Crippen LogP contribution in [0.1, 0.15) is 24.1 Å². The molecule has 0 amide bonds. The van der Waals surface area contributed by atoms with E-state index in [1.54, 1.807) is 4.68 Å². The van der Waals surface area contributed by atoms with E-state index in [2.05, 4.69) is 9.84 Å². The van der Waals surface area contributed by atoms with Crippen molar-refractivity contribution in [3.8, 4) is 0 Å². The third kappa shape index (κ3) is 1.51. The molecule has 5 nitrogen and oxygen atoms in total. The largest absolute Gasteiger partial charge is 0.467 e. The fourth-order valence-corrected chi connectivity index (χ4v) is 2.21. The van der Waals surface area contributed by atoms with Gasteiger partial charge >= 0.3 is 5.97 Å². The van der Waals surface area contributed by atoms with Gasteiger partial charge in [0, 0.05) is 13.2 Å². The lowest BCUT2D eigenvalue weighted by atomic mass is 9.93. The summed E-state index contributed by atoms with van der Waals surface area (Å²) in [6, 6.07) is 0. The summed E-state index contributed by atoms with van der Waals surface area (Å²) in [7, 11) is 3.12. The molecule has 0 saturated heterocycles. The lowest BCUT2D eigenvalue weighted by molar-refractivity contribution is -0.152. The van der Waals surface area contributed by atoms with Gasteiger partial charge in [-0.3, -0.25) is 4.68 Å². The molecule has 2 rings (SSSR count). The van der Waals surface area contributed by atoms with Crippen molar-refractivity contribution in [2.75, 3.05) is 7.11 Å². The van der Waals surface area contributed by atoms with E-state index in [4.69, 9.17) is 0 Å². The first-order valence-corrected chi connectivity index (χ1v) is 5.28. The number of ether oxygens (including phenoxy) is 1. The molecule has 0 radical (unpaired) electrons. The van der Waals surface area contributed by atoms with Crippen LogP contribution < -0.4 is 0 Å². The highest BCUT2D eigenvalue weighted by atomic mass is 16.5. The first-order chi connectivity index (χ1) is 7.51. The van der Waals surface area contributed by atoms with Gasteiger partial charge < -0.3 is 9.84 Å². The third-order valence-electron chi connectivity index (χ3n) is 3.22. The Balaban J connectivity index is 2.33. The predicted molar refractivity (Wildman–Crippen MR) is 56.9 cm³/mol. The van der Waals surface area contributed by atoms with Crippen LogP contribution in [0.5, 0.6) is 0 Å². The lowest BCUT2D eigenvalue weighted by Gasteiger charge is -2.18. The number of rotatable bonds is 3. The molecule has 1 fully saturated rings. The molecule has 1 atom stereocenters. The van der Waals surface area contributed by atoms with Crippen LogP contribution in [0.4, 0.5) is 0 Å². The number of aliphatic hydroxyl groups excluding tert-OH is 1. The Bertz CT molecular complexity index is 421. The molecule has 1 heterocycles. The minimum atomic E-state index is -1.11.